The molecule has 1 heterocycles. The lowest BCUT2D eigenvalue weighted by Gasteiger charge is -2.11. The van der Waals surface area contributed by atoms with Gasteiger partial charge in [0.2, 0.25) is 0 Å². The van der Waals surface area contributed by atoms with Gasteiger partial charge in [0.05, 0.1) is 21.1 Å². The summed E-state index contributed by atoms with van der Waals surface area (Å²) in [5.74, 6) is 0. The monoisotopic (exact) mass is 373 g/mol. The highest BCUT2D eigenvalue weighted by Crippen LogP contribution is 2.41. The lowest BCUT2D eigenvalue weighted by Crippen LogP contribution is -2.11. The van der Waals surface area contributed by atoms with Crippen LogP contribution in [0.4, 0.5) is 30.2 Å². The first-order valence-corrected chi connectivity index (χ1v) is 7.33. The van der Waals surface area contributed by atoms with Crippen LogP contribution in [0.3, 0.4) is 0 Å². The molecular formula is C14H14F3N5O4. The lowest BCUT2D eigenvalue weighted by molar-refractivity contribution is -0.392. The van der Waals surface area contributed by atoms with Crippen LogP contribution < -0.4 is 5.32 Å². The van der Waals surface area contributed by atoms with Crippen LogP contribution in [0.5, 0.6) is 0 Å². The third-order valence-corrected chi connectivity index (χ3v) is 3.60. The van der Waals surface area contributed by atoms with Gasteiger partial charge in [-0.1, -0.05) is 6.92 Å². The summed E-state index contributed by atoms with van der Waals surface area (Å²) in [5, 5.41) is 29.0. The number of aromatic nitrogens is 2. The topological polar surface area (TPSA) is 116 Å². The number of nitro benzene ring substituents is 2. The molecule has 1 N–H and O–H groups in total. The van der Waals surface area contributed by atoms with E-state index in [4.69, 9.17) is 0 Å². The van der Waals surface area contributed by atoms with Crippen molar-refractivity contribution in [3.05, 3.63) is 55.4 Å². The summed E-state index contributed by atoms with van der Waals surface area (Å²) in [6, 6.07) is 0.554. The van der Waals surface area contributed by atoms with Gasteiger partial charge in [-0.05, 0) is 6.42 Å². The van der Waals surface area contributed by atoms with Crippen LogP contribution in [0.25, 0.3) is 0 Å². The van der Waals surface area contributed by atoms with Gasteiger partial charge in [0.1, 0.15) is 0 Å². The Morgan fingerprint density at radius 1 is 1.19 bits per heavy atom. The minimum absolute atomic E-state index is 0.0654. The van der Waals surface area contributed by atoms with Gasteiger partial charge in [-0.2, -0.15) is 18.3 Å². The zero-order chi connectivity index (χ0) is 19.6. The first kappa shape index (κ1) is 19.1. The van der Waals surface area contributed by atoms with E-state index in [0.29, 0.717) is 17.7 Å². The van der Waals surface area contributed by atoms with Crippen molar-refractivity contribution in [2.75, 3.05) is 5.32 Å². The fourth-order valence-corrected chi connectivity index (χ4v) is 2.46. The molecular weight excluding hydrogens is 359 g/mol. The Labute approximate surface area is 144 Å². The number of nitrogens with one attached hydrogen (secondary N) is 1. The fraction of sp³-hybridized carbons (Fsp3) is 0.357. The molecule has 0 radical (unpaired) electrons. The molecule has 140 valence electrons. The van der Waals surface area contributed by atoms with Crippen molar-refractivity contribution in [2.45, 2.75) is 26.1 Å². The second-order valence-electron chi connectivity index (χ2n) is 5.38. The van der Waals surface area contributed by atoms with E-state index in [1.807, 2.05) is 6.92 Å². The van der Waals surface area contributed by atoms with Crippen LogP contribution >= 0.6 is 0 Å². The molecule has 0 aliphatic carbocycles. The first-order chi connectivity index (χ1) is 12.0. The number of alkyl halides is 3. The summed E-state index contributed by atoms with van der Waals surface area (Å²) in [7, 11) is 1.66. The number of benzene rings is 1. The molecule has 0 aliphatic rings. The van der Waals surface area contributed by atoms with Gasteiger partial charge in [-0.15, -0.1) is 0 Å². The molecule has 2 rings (SSSR count). The highest BCUT2D eigenvalue weighted by molar-refractivity contribution is 5.75. The van der Waals surface area contributed by atoms with Crippen molar-refractivity contribution in [1.82, 2.24) is 9.78 Å². The number of hydrogen-bond acceptors (Lipinski definition) is 6. The summed E-state index contributed by atoms with van der Waals surface area (Å²) in [5.41, 5.74) is -2.80. The van der Waals surface area contributed by atoms with Crippen molar-refractivity contribution >= 4 is 17.1 Å². The quantitative estimate of drug-likeness (QED) is 0.612. The highest BCUT2D eigenvalue weighted by atomic mass is 19.4. The molecule has 0 saturated carbocycles. The minimum Gasteiger partial charge on any atom is -0.370 e. The molecule has 0 saturated heterocycles. The molecule has 0 bridgehead atoms. The van der Waals surface area contributed by atoms with E-state index in [9.17, 15) is 33.4 Å². The zero-order valence-electron chi connectivity index (χ0n) is 13.7. The third kappa shape index (κ3) is 3.90. The molecule has 0 amide bonds. The van der Waals surface area contributed by atoms with Crippen molar-refractivity contribution in [3.63, 3.8) is 0 Å². The molecule has 1 aromatic heterocycles. The van der Waals surface area contributed by atoms with Gasteiger partial charge >= 0.3 is 6.18 Å². The highest BCUT2D eigenvalue weighted by Gasteiger charge is 2.37. The van der Waals surface area contributed by atoms with Crippen molar-refractivity contribution in [3.8, 4) is 0 Å². The van der Waals surface area contributed by atoms with E-state index in [0.717, 1.165) is 0 Å². The van der Waals surface area contributed by atoms with Gasteiger partial charge in [-0.3, -0.25) is 24.9 Å². The molecule has 26 heavy (non-hydrogen) atoms. The van der Waals surface area contributed by atoms with Crippen molar-refractivity contribution < 1.29 is 23.0 Å². The number of rotatable bonds is 6. The second-order valence-corrected chi connectivity index (χ2v) is 5.38. The number of nitrogens with zero attached hydrogens (tertiary/aromatic N) is 4. The largest absolute Gasteiger partial charge is 0.416 e. The SMILES string of the molecule is CCc1nn(C)cc1CNc1c([N+](=O)[O-])cc(C(F)(F)F)cc1[N+](=O)[O-]. The predicted molar refractivity (Wildman–Crippen MR) is 84.7 cm³/mol. The molecule has 0 atom stereocenters. The minimum atomic E-state index is -4.95. The van der Waals surface area contributed by atoms with Gasteiger partial charge in [0, 0.05) is 37.5 Å². The smallest absolute Gasteiger partial charge is 0.370 e. The maximum atomic E-state index is 12.9. The summed E-state index contributed by atoms with van der Waals surface area (Å²) in [4.78, 5) is 20.2. The van der Waals surface area contributed by atoms with Gasteiger partial charge in [-0.25, -0.2) is 0 Å². The van der Waals surface area contributed by atoms with Crippen LogP contribution in [0, 0.1) is 20.2 Å². The summed E-state index contributed by atoms with van der Waals surface area (Å²) < 4.78 is 40.2. The van der Waals surface area contributed by atoms with Gasteiger partial charge in [0.15, 0.2) is 5.69 Å². The average molecular weight is 373 g/mol. The maximum Gasteiger partial charge on any atom is 0.416 e. The number of halogens is 3. The first-order valence-electron chi connectivity index (χ1n) is 7.33. The predicted octanol–water partition coefficient (Wildman–Crippen LogP) is 3.43. The number of aryl methyl sites for hydroxylation is 2. The van der Waals surface area contributed by atoms with Crippen LogP contribution in [-0.2, 0) is 26.2 Å². The van der Waals surface area contributed by atoms with E-state index in [1.165, 1.54) is 4.68 Å². The maximum absolute atomic E-state index is 12.9. The van der Waals surface area contributed by atoms with Crippen molar-refractivity contribution in [2.24, 2.45) is 7.05 Å². The number of nitro groups is 2. The molecule has 1 aromatic carbocycles. The van der Waals surface area contributed by atoms with Gasteiger partial charge < -0.3 is 5.32 Å². The van der Waals surface area contributed by atoms with Crippen LogP contribution in [-0.4, -0.2) is 19.6 Å². The van der Waals surface area contributed by atoms with E-state index in [1.54, 1.807) is 13.2 Å². The van der Waals surface area contributed by atoms with Crippen LogP contribution in [0.1, 0.15) is 23.7 Å². The number of anilines is 1. The van der Waals surface area contributed by atoms with E-state index in [2.05, 4.69) is 10.4 Å². The molecule has 0 spiro atoms. The van der Waals surface area contributed by atoms with Gasteiger partial charge in [0.25, 0.3) is 11.4 Å². The van der Waals surface area contributed by atoms with E-state index < -0.39 is 38.6 Å². The summed E-state index contributed by atoms with van der Waals surface area (Å²) in [6.07, 6.45) is -2.78. The Balaban J connectivity index is 2.51. The fourth-order valence-electron chi connectivity index (χ4n) is 2.46. The lowest BCUT2D eigenvalue weighted by atomic mass is 10.1. The molecule has 0 fully saturated rings. The summed E-state index contributed by atoms with van der Waals surface area (Å²) >= 11 is 0. The third-order valence-electron chi connectivity index (χ3n) is 3.60. The van der Waals surface area contributed by atoms with Crippen LogP contribution in [0.15, 0.2) is 18.3 Å². The molecule has 12 heteroatoms. The Morgan fingerprint density at radius 2 is 1.73 bits per heavy atom. The Bertz CT molecular complexity index is 828. The van der Waals surface area contributed by atoms with E-state index in [-0.39, 0.29) is 18.7 Å². The Kier molecular flexibility index (Phi) is 5.14. The standard InChI is InChI=1S/C14H14F3N5O4/c1-3-10-8(7-20(2)19-10)6-18-13-11(21(23)24)4-9(14(15,16)17)5-12(13)22(25)26/h4-5,7,18H,3,6H2,1-2H3. The zero-order valence-corrected chi connectivity index (χ0v) is 13.7. The normalized spacial score (nSPS) is 11.4. The molecule has 2 aromatic rings. The van der Waals surface area contributed by atoms with Crippen molar-refractivity contribution in [1.29, 1.82) is 0 Å². The Hall–Kier alpha value is -3.18. The second kappa shape index (κ2) is 6.98. The van der Waals surface area contributed by atoms with E-state index >= 15 is 0 Å². The Morgan fingerprint density at radius 3 is 2.15 bits per heavy atom. The molecule has 0 unspecified atom stereocenters. The molecule has 9 nitrogen and oxygen atoms in total. The summed E-state index contributed by atoms with van der Waals surface area (Å²) in [6.45, 7) is 1.76. The van der Waals surface area contributed by atoms with Crippen LogP contribution in [0.2, 0.25) is 0 Å². The average Bonchev–Trinajstić information content (AvgIpc) is 2.90. The molecule has 0 aliphatic heterocycles. The number of hydrogen-bond donors (Lipinski definition) is 1.